The van der Waals surface area contributed by atoms with Gasteiger partial charge in [-0.3, -0.25) is 4.98 Å². The number of hydrogen-bond donors (Lipinski definition) is 0. The lowest BCUT2D eigenvalue weighted by atomic mass is 9.75. The first-order valence-corrected chi connectivity index (χ1v) is 14.0. The molecule has 1 nitrogen and oxygen atoms in total. The van der Waals surface area contributed by atoms with E-state index in [2.05, 4.69) is 110 Å². The molecule has 188 valence electrons. The summed E-state index contributed by atoms with van der Waals surface area (Å²) in [4.78, 5) is 4.33. The predicted molar refractivity (Wildman–Crippen MR) is 162 cm³/mol. The van der Waals surface area contributed by atoms with Crippen molar-refractivity contribution >= 4 is 28.4 Å². The van der Waals surface area contributed by atoms with Crippen molar-refractivity contribution in [1.29, 1.82) is 0 Å². The number of fused-ring (bicyclic) bond motifs is 2. The van der Waals surface area contributed by atoms with Gasteiger partial charge in [-0.05, 0) is 112 Å². The Morgan fingerprint density at radius 3 is 2.39 bits per heavy atom. The van der Waals surface area contributed by atoms with Gasteiger partial charge >= 0.3 is 0 Å². The van der Waals surface area contributed by atoms with Gasteiger partial charge in [0.1, 0.15) is 0 Å². The van der Waals surface area contributed by atoms with Gasteiger partial charge in [0.25, 0.3) is 0 Å². The lowest BCUT2D eigenvalue weighted by Gasteiger charge is -2.29. The first-order valence-electron chi connectivity index (χ1n) is 14.0. The molecule has 0 saturated heterocycles. The molecule has 0 fully saturated rings. The topological polar surface area (TPSA) is 12.9 Å². The fourth-order valence-electron chi connectivity index (χ4n) is 6.45. The number of aromatic nitrogens is 1. The highest BCUT2D eigenvalue weighted by Gasteiger charge is 2.26. The van der Waals surface area contributed by atoms with Crippen molar-refractivity contribution in [3.63, 3.8) is 0 Å². The van der Waals surface area contributed by atoms with Gasteiger partial charge < -0.3 is 0 Å². The summed E-state index contributed by atoms with van der Waals surface area (Å²) >= 11 is 0. The molecule has 1 unspecified atom stereocenters. The average Bonchev–Trinajstić information content (AvgIpc) is 2.97. The molecule has 1 atom stereocenters. The van der Waals surface area contributed by atoms with Crippen LogP contribution in [0.4, 0.5) is 0 Å². The van der Waals surface area contributed by atoms with Gasteiger partial charge in [0, 0.05) is 18.3 Å². The monoisotopic (exact) mass is 493 g/mol. The second-order valence-corrected chi connectivity index (χ2v) is 10.5. The smallest absolute Gasteiger partial charge is 0.0343 e. The van der Waals surface area contributed by atoms with Crippen LogP contribution in [0.15, 0.2) is 109 Å². The zero-order valence-electron chi connectivity index (χ0n) is 22.5. The SMILES string of the molecule is C/C=C\C=C/C1CC(C2=CC=C(c3cccnc3)CC2)=c2ccccc2=C1C1=c2cccc(C)c2=CCC1. The molecule has 0 N–H and O–H groups in total. The summed E-state index contributed by atoms with van der Waals surface area (Å²) in [7, 11) is 0. The van der Waals surface area contributed by atoms with Crippen molar-refractivity contribution in [2.75, 3.05) is 0 Å². The summed E-state index contributed by atoms with van der Waals surface area (Å²) in [5.74, 6) is 0.349. The van der Waals surface area contributed by atoms with Crippen molar-refractivity contribution in [1.82, 2.24) is 4.98 Å². The van der Waals surface area contributed by atoms with E-state index in [9.17, 15) is 0 Å². The number of nitrogens with zero attached hydrogens (tertiary/aromatic N) is 1. The molecule has 1 heteroatoms. The van der Waals surface area contributed by atoms with E-state index in [1.807, 2.05) is 18.5 Å². The minimum absolute atomic E-state index is 0.349. The fourth-order valence-corrected chi connectivity index (χ4v) is 6.45. The van der Waals surface area contributed by atoms with Gasteiger partial charge in [0.05, 0.1) is 0 Å². The minimum atomic E-state index is 0.349. The maximum absolute atomic E-state index is 4.33. The van der Waals surface area contributed by atoms with Crippen molar-refractivity contribution in [3.05, 3.63) is 141 Å². The van der Waals surface area contributed by atoms with Crippen LogP contribution in [0.25, 0.3) is 28.4 Å². The maximum atomic E-state index is 4.33. The molecule has 0 spiro atoms. The molecule has 0 saturated carbocycles. The Balaban J connectivity index is 1.60. The van der Waals surface area contributed by atoms with E-state index in [-0.39, 0.29) is 0 Å². The fraction of sp³-hybridized carbons (Fsp3) is 0.216. The average molecular weight is 494 g/mol. The maximum Gasteiger partial charge on any atom is 0.0343 e. The summed E-state index contributed by atoms with van der Waals surface area (Å²) in [6.07, 6.45) is 25.3. The number of aryl methyl sites for hydroxylation is 1. The molecule has 1 aromatic heterocycles. The molecular weight excluding hydrogens is 458 g/mol. The van der Waals surface area contributed by atoms with Crippen LogP contribution in [-0.4, -0.2) is 4.98 Å². The van der Waals surface area contributed by atoms with Gasteiger partial charge in [0.2, 0.25) is 0 Å². The Labute approximate surface area is 226 Å². The lowest BCUT2D eigenvalue weighted by Crippen LogP contribution is -2.39. The van der Waals surface area contributed by atoms with Crippen LogP contribution in [0.1, 0.15) is 50.2 Å². The molecule has 0 amide bonds. The largest absolute Gasteiger partial charge is 0.264 e. The first-order chi connectivity index (χ1) is 18.7. The Hall–Kier alpha value is -3.97. The third-order valence-corrected chi connectivity index (χ3v) is 8.27. The Bertz CT molecular complexity index is 1740. The standard InChI is InChI=1S/C37H35N/c1-3-4-5-12-29-24-36(28-21-19-27(20-22-28)30-13-10-23-38-25-30)33-14-6-7-15-34(33)37(29)35-18-9-16-31-26(2)11-8-17-32(31)35/h3-8,10-17,19,21,23,25,29H,9,18,20,22,24H2,1-2H3/b4-3-,12-5-. The number of allylic oxidation sites excluding steroid dienone is 8. The first kappa shape index (κ1) is 24.4. The van der Waals surface area contributed by atoms with Crippen LogP contribution in [0.5, 0.6) is 0 Å². The highest BCUT2D eigenvalue weighted by molar-refractivity contribution is 5.93. The minimum Gasteiger partial charge on any atom is -0.264 e. The Kier molecular flexibility index (Phi) is 6.92. The van der Waals surface area contributed by atoms with E-state index in [1.54, 1.807) is 0 Å². The van der Waals surface area contributed by atoms with Gasteiger partial charge in [0.15, 0.2) is 0 Å². The van der Waals surface area contributed by atoms with E-state index in [0.717, 1.165) is 32.1 Å². The number of pyridine rings is 1. The van der Waals surface area contributed by atoms with E-state index in [1.165, 1.54) is 59.9 Å². The third kappa shape index (κ3) is 4.58. The Morgan fingerprint density at radius 1 is 0.789 bits per heavy atom. The number of rotatable bonds is 5. The van der Waals surface area contributed by atoms with Crippen LogP contribution in [0.3, 0.4) is 0 Å². The molecule has 0 radical (unpaired) electrons. The summed E-state index contributed by atoms with van der Waals surface area (Å²) in [6.45, 7) is 4.34. The molecule has 0 bridgehead atoms. The molecule has 3 aliphatic rings. The second-order valence-electron chi connectivity index (χ2n) is 10.5. The predicted octanol–water partition coefficient (Wildman–Crippen LogP) is 6.07. The van der Waals surface area contributed by atoms with Crippen LogP contribution in [-0.2, 0) is 0 Å². The van der Waals surface area contributed by atoms with Crippen LogP contribution >= 0.6 is 0 Å². The van der Waals surface area contributed by atoms with E-state index in [4.69, 9.17) is 0 Å². The molecule has 6 rings (SSSR count). The van der Waals surface area contributed by atoms with Gasteiger partial charge in [-0.15, -0.1) is 0 Å². The second kappa shape index (κ2) is 10.8. The van der Waals surface area contributed by atoms with E-state index >= 15 is 0 Å². The zero-order chi connectivity index (χ0) is 25.9. The molecule has 1 heterocycles. The highest BCUT2D eigenvalue weighted by atomic mass is 14.6. The quantitative estimate of drug-likeness (QED) is 0.393. The summed E-state index contributed by atoms with van der Waals surface area (Å²) < 4.78 is 0. The van der Waals surface area contributed by atoms with Gasteiger partial charge in [-0.2, -0.15) is 0 Å². The summed E-state index contributed by atoms with van der Waals surface area (Å²) in [6, 6.07) is 20.2. The molecule has 3 aromatic rings. The van der Waals surface area contributed by atoms with Crippen LogP contribution < -0.4 is 20.9 Å². The van der Waals surface area contributed by atoms with Crippen molar-refractivity contribution in [2.24, 2.45) is 5.92 Å². The van der Waals surface area contributed by atoms with Crippen molar-refractivity contribution in [3.8, 4) is 0 Å². The summed E-state index contributed by atoms with van der Waals surface area (Å²) in [5.41, 5.74) is 10.0. The molecular formula is C37H35N. The molecule has 38 heavy (non-hydrogen) atoms. The zero-order valence-corrected chi connectivity index (χ0v) is 22.5. The van der Waals surface area contributed by atoms with Crippen LogP contribution in [0.2, 0.25) is 0 Å². The van der Waals surface area contributed by atoms with E-state index < -0.39 is 0 Å². The summed E-state index contributed by atoms with van der Waals surface area (Å²) in [5, 5.41) is 5.68. The van der Waals surface area contributed by atoms with Crippen molar-refractivity contribution in [2.45, 2.75) is 46.0 Å². The normalized spacial score (nSPS) is 19.2. The molecule has 3 aliphatic carbocycles. The number of hydrogen-bond acceptors (Lipinski definition) is 1. The molecule has 2 aromatic carbocycles. The van der Waals surface area contributed by atoms with Gasteiger partial charge in [-0.25, -0.2) is 0 Å². The van der Waals surface area contributed by atoms with Crippen molar-refractivity contribution < 1.29 is 0 Å². The number of benzene rings is 2. The van der Waals surface area contributed by atoms with Crippen LogP contribution in [0, 0.1) is 12.8 Å². The van der Waals surface area contributed by atoms with Gasteiger partial charge in [-0.1, -0.05) is 91.1 Å². The molecule has 0 aliphatic heterocycles. The highest BCUT2D eigenvalue weighted by Crippen LogP contribution is 2.38. The third-order valence-electron chi connectivity index (χ3n) is 8.27. The lowest BCUT2D eigenvalue weighted by molar-refractivity contribution is 0.830. The van der Waals surface area contributed by atoms with E-state index in [0.29, 0.717) is 5.92 Å². The Morgan fingerprint density at radius 2 is 1.61 bits per heavy atom.